The second-order valence-electron chi connectivity index (χ2n) is 4.74. The van der Waals surface area contributed by atoms with Crippen molar-refractivity contribution >= 4 is 15.9 Å². The Hall–Kier alpha value is -0.600. The van der Waals surface area contributed by atoms with E-state index in [2.05, 4.69) is 73.2 Å². The van der Waals surface area contributed by atoms with E-state index < -0.39 is 0 Å². The molecule has 1 aromatic rings. The van der Waals surface area contributed by atoms with Crippen LogP contribution in [0.2, 0.25) is 0 Å². The summed E-state index contributed by atoms with van der Waals surface area (Å²) in [6.07, 6.45) is 3.44. The molecular formula is C15H22BrN. The smallest absolute Gasteiger partial charge is 0.0509 e. The van der Waals surface area contributed by atoms with Gasteiger partial charge in [0.15, 0.2) is 0 Å². The van der Waals surface area contributed by atoms with Crippen LogP contribution in [0.4, 0.5) is 0 Å². The van der Waals surface area contributed by atoms with Crippen LogP contribution >= 0.6 is 15.9 Å². The molecule has 0 saturated heterocycles. The predicted octanol–water partition coefficient (Wildman–Crippen LogP) is 4.76. The van der Waals surface area contributed by atoms with Gasteiger partial charge in [-0.1, -0.05) is 40.6 Å². The molecule has 1 nitrogen and oxygen atoms in total. The standard InChI is InChI=1S/C15H22BrN/c1-5-6-17-15(7-11(2)3)13-8-12(4)9-14(16)10-13/h7-10,15,17H,5-6H2,1-4H3. The summed E-state index contributed by atoms with van der Waals surface area (Å²) in [6.45, 7) is 9.66. The number of nitrogens with one attached hydrogen (secondary N) is 1. The molecule has 0 amide bonds. The number of benzene rings is 1. The zero-order valence-corrected chi connectivity index (χ0v) is 12.8. The monoisotopic (exact) mass is 295 g/mol. The quantitative estimate of drug-likeness (QED) is 0.772. The van der Waals surface area contributed by atoms with Crippen LogP contribution in [-0.4, -0.2) is 6.54 Å². The van der Waals surface area contributed by atoms with Crippen LogP contribution in [0, 0.1) is 6.92 Å². The fourth-order valence-corrected chi connectivity index (χ4v) is 2.48. The van der Waals surface area contributed by atoms with Crippen molar-refractivity contribution in [2.24, 2.45) is 0 Å². The van der Waals surface area contributed by atoms with Crippen LogP contribution in [-0.2, 0) is 0 Å². The Labute approximate surface area is 113 Å². The molecule has 0 aliphatic carbocycles. The summed E-state index contributed by atoms with van der Waals surface area (Å²) >= 11 is 3.57. The minimum Gasteiger partial charge on any atom is -0.307 e. The Kier molecular flexibility index (Phi) is 5.93. The summed E-state index contributed by atoms with van der Waals surface area (Å²) in [5.41, 5.74) is 3.96. The molecule has 0 bridgehead atoms. The highest BCUT2D eigenvalue weighted by Gasteiger charge is 2.08. The van der Waals surface area contributed by atoms with Gasteiger partial charge >= 0.3 is 0 Å². The van der Waals surface area contributed by atoms with E-state index in [0.29, 0.717) is 6.04 Å². The van der Waals surface area contributed by atoms with Gasteiger partial charge in [0, 0.05) is 4.47 Å². The Balaban J connectivity index is 2.99. The van der Waals surface area contributed by atoms with Crippen molar-refractivity contribution in [2.45, 2.75) is 40.2 Å². The van der Waals surface area contributed by atoms with Gasteiger partial charge < -0.3 is 5.32 Å². The van der Waals surface area contributed by atoms with Gasteiger partial charge in [-0.2, -0.15) is 0 Å². The third-order valence-corrected chi connectivity index (χ3v) is 3.00. The number of allylic oxidation sites excluding steroid dienone is 1. The largest absolute Gasteiger partial charge is 0.307 e. The summed E-state index contributed by atoms with van der Waals surface area (Å²) in [7, 11) is 0. The first-order valence-electron chi connectivity index (χ1n) is 6.18. The fraction of sp³-hybridized carbons (Fsp3) is 0.467. The number of hydrogen-bond acceptors (Lipinski definition) is 1. The van der Waals surface area contributed by atoms with Crippen LogP contribution in [0.15, 0.2) is 34.3 Å². The van der Waals surface area contributed by atoms with Gasteiger partial charge in [-0.25, -0.2) is 0 Å². The normalized spacial score (nSPS) is 12.3. The maximum atomic E-state index is 3.57. The molecule has 0 aliphatic heterocycles. The zero-order valence-electron chi connectivity index (χ0n) is 11.2. The van der Waals surface area contributed by atoms with Gasteiger partial charge in [0.2, 0.25) is 0 Å². The van der Waals surface area contributed by atoms with Crippen LogP contribution in [0.1, 0.15) is 44.4 Å². The highest BCUT2D eigenvalue weighted by molar-refractivity contribution is 9.10. The Morgan fingerprint density at radius 1 is 1.35 bits per heavy atom. The lowest BCUT2D eigenvalue weighted by atomic mass is 10.0. The summed E-state index contributed by atoms with van der Waals surface area (Å²) in [4.78, 5) is 0. The maximum Gasteiger partial charge on any atom is 0.0509 e. The lowest BCUT2D eigenvalue weighted by Gasteiger charge is -2.17. The molecule has 0 radical (unpaired) electrons. The Morgan fingerprint density at radius 2 is 2.06 bits per heavy atom. The molecule has 0 saturated carbocycles. The van der Waals surface area contributed by atoms with Crippen molar-refractivity contribution < 1.29 is 0 Å². The highest BCUT2D eigenvalue weighted by atomic mass is 79.9. The van der Waals surface area contributed by atoms with Crippen LogP contribution in [0.25, 0.3) is 0 Å². The highest BCUT2D eigenvalue weighted by Crippen LogP contribution is 2.22. The molecule has 1 rings (SSSR count). The SMILES string of the molecule is CCCNC(C=C(C)C)c1cc(C)cc(Br)c1. The molecule has 1 unspecified atom stereocenters. The van der Waals surface area contributed by atoms with E-state index in [4.69, 9.17) is 0 Å². The average molecular weight is 296 g/mol. The Bertz CT molecular complexity index is 372. The second kappa shape index (κ2) is 6.97. The van der Waals surface area contributed by atoms with Gasteiger partial charge in [-0.05, 0) is 57.0 Å². The summed E-state index contributed by atoms with van der Waals surface area (Å²) < 4.78 is 1.15. The third-order valence-electron chi connectivity index (χ3n) is 2.54. The van der Waals surface area contributed by atoms with Crippen molar-refractivity contribution in [3.8, 4) is 0 Å². The molecule has 17 heavy (non-hydrogen) atoms. The molecule has 2 heteroatoms. The van der Waals surface area contributed by atoms with Crippen molar-refractivity contribution in [1.82, 2.24) is 5.32 Å². The van der Waals surface area contributed by atoms with Gasteiger partial charge in [0.1, 0.15) is 0 Å². The van der Waals surface area contributed by atoms with E-state index in [9.17, 15) is 0 Å². The van der Waals surface area contributed by atoms with Crippen molar-refractivity contribution in [3.05, 3.63) is 45.4 Å². The van der Waals surface area contributed by atoms with E-state index in [1.54, 1.807) is 0 Å². The number of halogens is 1. The lowest BCUT2D eigenvalue weighted by Crippen LogP contribution is -2.20. The molecule has 0 aromatic heterocycles. The van der Waals surface area contributed by atoms with Gasteiger partial charge in [0.25, 0.3) is 0 Å². The summed E-state index contributed by atoms with van der Waals surface area (Å²) in [5.74, 6) is 0. The zero-order chi connectivity index (χ0) is 12.8. The third kappa shape index (κ3) is 5.05. The summed E-state index contributed by atoms with van der Waals surface area (Å²) in [6, 6.07) is 6.90. The molecule has 0 spiro atoms. The molecule has 94 valence electrons. The minimum absolute atomic E-state index is 0.316. The van der Waals surface area contributed by atoms with Gasteiger partial charge in [0.05, 0.1) is 6.04 Å². The van der Waals surface area contributed by atoms with Crippen molar-refractivity contribution in [2.75, 3.05) is 6.54 Å². The number of hydrogen-bond donors (Lipinski definition) is 1. The van der Waals surface area contributed by atoms with E-state index in [1.807, 2.05) is 0 Å². The molecule has 1 N–H and O–H groups in total. The van der Waals surface area contributed by atoms with Gasteiger partial charge in [-0.3, -0.25) is 0 Å². The second-order valence-corrected chi connectivity index (χ2v) is 5.65. The molecule has 1 aromatic carbocycles. The molecule has 0 aliphatic rings. The number of aryl methyl sites for hydroxylation is 1. The molecule has 1 atom stereocenters. The Morgan fingerprint density at radius 3 is 2.59 bits per heavy atom. The predicted molar refractivity (Wildman–Crippen MR) is 79.3 cm³/mol. The molecular weight excluding hydrogens is 274 g/mol. The van der Waals surface area contributed by atoms with E-state index >= 15 is 0 Å². The minimum atomic E-state index is 0.316. The first kappa shape index (κ1) is 14.5. The molecule has 0 heterocycles. The first-order chi connectivity index (χ1) is 8.02. The van der Waals surface area contributed by atoms with E-state index in [0.717, 1.165) is 17.4 Å². The summed E-state index contributed by atoms with van der Waals surface area (Å²) in [5, 5.41) is 3.57. The van der Waals surface area contributed by atoms with Crippen LogP contribution < -0.4 is 5.32 Å². The van der Waals surface area contributed by atoms with Crippen LogP contribution in [0.5, 0.6) is 0 Å². The average Bonchev–Trinajstić information content (AvgIpc) is 2.22. The maximum absolute atomic E-state index is 3.57. The van der Waals surface area contributed by atoms with E-state index in [-0.39, 0.29) is 0 Å². The number of rotatable bonds is 5. The topological polar surface area (TPSA) is 12.0 Å². The van der Waals surface area contributed by atoms with Crippen molar-refractivity contribution in [1.29, 1.82) is 0 Å². The lowest BCUT2D eigenvalue weighted by molar-refractivity contribution is 0.609. The molecule has 0 fully saturated rings. The fourth-order valence-electron chi connectivity index (χ4n) is 1.85. The van der Waals surface area contributed by atoms with Crippen LogP contribution in [0.3, 0.4) is 0 Å². The van der Waals surface area contributed by atoms with E-state index in [1.165, 1.54) is 16.7 Å². The first-order valence-corrected chi connectivity index (χ1v) is 6.97. The van der Waals surface area contributed by atoms with Crippen molar-refractivity contribution in [3.63, 3.8) is 0 Å². The van der Waals surface area contributed by atoms with Gasteiger partial charge in [-0.15, -0.1) is 0 Å².